The van der Waals surface area contributed by atoms with Gasteiger partial charge in [0.05, 0.1) is 19.9 Å². The minimum Gasteiger partial charge on any atom is -0.497 e. The summed E-state index contributed by atoms with van der Waals surface area (Å²) in [6.07, 6.45) is 1.28. The van der Waals surface area contributed by atoms with Crippen LogP contribution >= 0.6 is 0 Å². The molecule has 1 aliphatic rings. The van der Waals surface area contributed by atoms with Crippen LogP contribution in [0.4, 0.5) is 11.6 Å². The van der Waals surface area contributed by atoms with Crippen LogP contribution in [0.2, 0.25) is 0 Å². The molecular weight excluding hydrogens is 408 g/mol. The summed E-state index contributed by atoms with van der Waals surface area (Å²) in [5.74, 6) is 2.13. The number of nitrogens with one attached hydrogen (secondary N) is 3. The second kappa shape index (κ2) is 7.77. The van der Waals surface area contributed by atoms with Gasteiger partial charge in [0.1, 0.15) is 11.5 Å². The number of para-hydroxylation sites is 1. The molecule has 5 rings (SSSR count). The summed E-state index contributed by atoms with van der Waals surface area (Å²) in [6.45, 7) is 1.79. The van der Waals surface area contributed by atoms with Crippen LogP contribution in [-0.2, 0) is 0 Å². The lowest BCUT2D eigenvalue weighted by Crippen LogP contribution is -2.37. The number of aromatic nitrogens is 3. The van der Waals surface area contributed by atoms with Crippen molar-refractivity contribution < 1.29 is 9.47 Å². The lowest BCUT2D eigenvalue weighted by atomic mass is 10.1. The quantitative estimate of drug-likeness (QED) is 0.458. The molecule has 0 bridgehead atoms. The SMILES string of the molecule is COc1ccc(NC2=N[C@@H](c3c[nH]c4ccccc34)n3c(nc(C)cc3=O)N2)c(OC)c1. The number of ether oxygens (including phenoxy) is 2. The molecule has 0 spiro atoms. The molecule has 0 saturated heterocycles. The predicted octanol–water partition coefficient (Wildman–Crippen LogP) is 3.49. The van der Waals surface area contributed by atoms with E-state index in [1.54, 1.807) is 31.8 Å². The third-order valence-corrected chi connectivity index (χ3v) is 5.37. The average Bonchev–Trinajstić information content (AvgIpc) is 3.22. The number of fused-ring (bicyclic) bond motifs is 2. The Kier molecular flexibility index (Phi) is 4.78. The first-order chi connectivity index (χ1) is 15.6. The molecule has 0 radical (unpaired) electrons. The van der Waals surface area contributed by atoms with Gasteiger partial charge in [-0.3, -0.25) is 14.7 Å². The molecule has 9 nitrogen and oxygen atoms in total. The lowest BCUT2D eigenvalue weighted by Gasteiger charge is -2.27. The Bertz CT molecular complexity index is 1400. The van der Waals surface area contributed by atoms with Gasteiger partial charge in [0.15, 0.2) is 6.17 Å². The average molecular weight is 430 g/mol. The molecule has 3 N–H and O–H groups in total. The van der Waals surface area contributed by atoms with Gasteiger partial charge in [-0.1, -0.05) is 18.2 Å². The van der Waals surface area contributed by atoms with Gasteiger partial charge >= 0.3 is 0 Å². The number of aliphatic imine (C=N–C) groups is 1. The number of anilines is 2. The lowest BCUT2D eigenvalue weighted by molar-refractivity contribution is 0.395. The summed E-state index contributed by atoms with van der Waals surface area (Å²) in [5, 5.41) is 7.39. The molecule has 32 heavy (non-hydrogen) atoms. The smallest absolute Gasteiger partial charge is 0.257 e. The van der Waals surface area contributed by atoms with Crippen LogP contribution in [0.5, 0.6) is 11.5 Å². The second-order valence-corrected chi connectivity index (χ2v) is 7.39. The maximum absolute atomic E-state index is 12.9. The van der Waals surface area contributed by atoms with Crippen molar-refractivity contribution in [2.24, 2.45) is 4.99 Å². The number of H-pyrrole nitrogens is 1. The van der Waals surface area contributed by atoms with Crippen molar-refractivity contribution in [3.63, 3.8) is 0 Å². The van der Waals surface area contributed by atoms with Gasteiger partial charge in [0, 0.05) is 40.5 Å². The standard InChI is InChI=1S/C23H22N6O3/c1-13-10-20(30)29-21(16-12-24-17-7-5-4-6-15(16)17)27-22(28-23(29)25-13)26-18-9-8-14(31-2)11-19(18)32-3/h4-12,21,24H,1-3H3,(H2,25,26,27,28)/t21-/m1/s1. The van der Waals surface area contributed by atoms with E-state index in [2.05, 4.69) is 20.6 Å². The fourth-order valence-electron chi connectivity index (χ4n) is 3.86. The van der Waals surface area contributed by atoms with E-state index in [1.165, 1.54) is 6.07 Å². The maximum Gasteiger partial charge on any atom is 0.257 e. The van der Waals surface area contributed by atoms with Crippen molar-refractivity contribution in [1.29, 1.82) is 0 Å². The van der Waals surface area contributed by atoms with Crippen LogP contribution in [0.3, 0.4) is 0 Å². The zero-order valence-electron chi connectivity index (χ0n) is 17.8. The molecule has 0 amide bonds. The number of aryl methyl sites for hydroxylation is 1. The Morgan fingerprint density at radius 3 is 2.75 bits per heavy atom. The molecular formula is C23H22N6O3. The highest BCUT2D eigenvalue weighted by Gasteiger charge is 2.27. The van der Waals surface area contributed by atoms with Crippen LogP contribution < -0.4 is 25.7 Å². The Labute approximate surface area is 183 Å². The van der Waals surface area contributed by atoms with E-state index in [0.717, 1.165) is 16.5 Å². The fourth-order valence-corrected chi connectivity index (χ4v) is 3.86. The monoisotopic (exact) mass is 430 g/mol. The van der Waals surface area contributed by atoms with E-state index in [-0.39, 0.29) is 5.56 Å². The second-order valence-electron chi connectivity index (χ2n) is 7.39. The number of aromatic amines is 1. The van der Waals surface area contributed by atoms with E-state index in [4.69, 9.17) is 14.5 Å². The molecule has 3 heterocycles. The molecule has 2 aromatic carbocycles. The van der Waals surface area contributed by atoms with Crippen molar-refractivity contribution in [2.75, 3.05) is 24.9 Å². The van der Waals surface area contributed by atoms with Crippen LogP contribution in [0.1, 0.15) is 17.4 Å². The van der Waals surface area contributed by atoms with Crippen LogP contribution in [0, 0.1) is 6.92 Å². The largest absolute Gasteiger partial charge is 0.497 e. The van der Waals surface area contributed by atoms with Gasteiger partial charge in [0.25, 0.3) is 5.56 Å². The molecule has 0 fully saturated rings. The number of hydrogen-bond donors (Lipinski definition) is 3. The van der Waals surface area contributed by atoms with Crippen molar-refractivity contribution in [3.05, 3.63) is 76.3 Å². The summed E-state index contributed by atoms with van der Waals surface area (Å²) >= 11 is 0. The first-order valence-corrected chi connectivity index (χ1v) is 10.1. The minimum atomic E-state index is -0.602. The molecule has 2 aromatic heterocycles. The summed E-state index contributed by atoms with van der Waals surface area (Å²) in [7, 11) is 3.19. The Balaban J connectivity index is 1.63. The van der Waals surface area contributed by atoms with Crippen LogP contribution in [0.25, 0.3) is 10.9 Å². The highest BCUT2D eigenvalue weighted by atomic mass is 16.5. The third kappa shape index (κ3) is 3.33. The summed E-state index contributed by atoms with van der Waals surface area (Å²) in [5.41, 5.74) is 2.98. The van der Waals surface area contributed by atoms with Crippen molar-refractivity contribution in [2.45, 2.75) is 13.1 Å². The van der Waals surface area contributed by atoms with E-state index < -0.39 is 6.17 Å². The number of hydrogen-bond acceptors (Lipinski definition) is 7. The molecule has 9 heteroatoms. The van der Waals surface area contributed by atoms with Gasteiger partial charge in [-0.05, 0) is 25.1 Å². The molecule has 0 saturated carbocycles. The first-order valence-electron chi connectivity index (χ1n) is 10.1. The molecule has 0 aliphatic carbocycles. The number of rotatable bonds is 4. The van der Waals surface area contributed by atoms with Gasteiger partial charge < -0.3 is 19.8 Å². The third-order valence-electron chi connectivity index (χ3n) is 5.37. The van der Waals surface area contributed by atoms with Crippen molar-refractivity contribution >= 4 is 28.5 Å². The maximum atomic E-state index is 12.9. The van der Waals surface area contributed by atoms with E-state index in [0.29, 0.717) is 34.8 Å². The highest BCUT2D eigenvalue weighted by Crippen LogP contribution is 2.33. The number of nitrogens with zero attached hydrogens (tertiary/aromatic N) is 3. The van der Waals surface area contributed by atoms with Gasteiger partial charge in [-0.25, -0.2) is 9.98 Å². The Morgan fingerprint density at radius 2 is 1.94 bits per heavy atom. The molecule has 1 aliphatic heterocycles. The normalized spacial score (nSPS) is 15.0. The predicted molar refractivity (Wildman–Crippen MR) is 124 cm³/mol. The number of benzene rings is 2. The summed E-state index contributed by atoms with van der Waals surface area (Å²) in [4.78, 5) is 25.6. The molecule has 1 atom stereocenters. The van der Waals surface area contributed by atoms with E-state index in [1.807, 2.05) is 42.6 Å². The summed E-state index contributed by atoms with van der Waals surface area (Å²) in [6, 6.07) is 14.9. The van der Waals surface area contributed by atoms with Gasteiger partial charge in [-0.15, -0.1) is 0 Å². The van der Waals surface area contributed by atoms with Crippen molar-refractivity contribution in [1.82, 2.24) is 14.5 Å². The van der Waals surface area contributed by atoms with Gasteiger partial charge in [-0.2, -0.15) is 0 Å². The molecule has 4 aromatic rings. The topological polar surface area (TPSA) is 106 Å². The molecule has 162 valence electrons. The van der Waals surface area contributed by atoms with Crippen molar-refractivity contribution in [3.8, 4) is 11.5 Å². The van der Waals surface area contributed by atoms with Crippen LogP contribution in [0.15, 0.2) is 64.5 Å². The zero-order valence-corrected chi connectivity index (χ0v) is 17.8. The van der Waals surface area contributed by atoms with E-state index in [9.17, 15) is 4.79 Å². The summed E-state index contributed by atoms with van der Waals surface area (Å²) < 4.78 is 12.3. The van der Waals surface area contributed by atoms with E-state index >= 15 is 0 Å². The number of guanidine groups is 1. The highest BCUT2D eigenvalue weighted by molar-refractivity contribution is 6.04. The van der Waals surface area contributed by atoms with Crippen LogP contribution in [-0.4, -0.2) is 34.7 Å². The minimum absolute atomic E-state index is 0.180. The first kappa shape index (κ1) is 19.7. The Morgan fingerprint density at radius 1 is 1.09 bits per heavy atom. The van der Waals surface area contributed by atoms with Gasteiger partial charge in [0.2, 0.25) is 11.9 Å². The fraction of sp³-hybridized carbons (Fsp3) is 0.174. The zero-order chi connectivity index (χ0) is 22.2. The Hall–Kier alpha value is -4.27. The molecule has 0 unspecified atom stereocenters. The number of methoxy groups -OCH3 is 2.